The number of ether oxygens (including phenoxy) is 1. The zero-order chi connectivity index (χ0) is 16.0. The average Bonchev–Trinajstić information content (AvgIpc) is 3.33. The smallest absolute Gasteiger partial charge is 0.213 e. The van der Waals surface area contributed by atoms with Crippen molar-refractivity contribution >= 4 is 11.5 Å². The van der Waals surface area contributed by atoms with E-state index in [4.69, 9.17) is 4.74 Å². The molecule has 4 rings (SSSR count). The van der Waals surface area contributed by atoms with Gasteiger partial charge in [0.25, 0.3) is 0 Å². The molecule has 1 saturated heterocycles. The lowest BCUT2D eigenvalue weighted by Gasteiger charge is -2.37. The molecule has 2 heterocycles. The maximum Gasteiger partial charge on any atom is 0.213 e. The summed E-state index contributed by atoms with van der Waals surface area (Å²) in [5, 5.41) is 9.53. The predicted molar refractivity (Wildman–Crippen MR) is 84.5 cm³/mol. The Morgan fingerprint density at radius 1 is 1.30 bits per heavy atom. The first kappa shape index (κ1) is 14.3. The van der Waals surface area contributed by atoms with E-state index in [1.165, 1.54) is 12.8 Å². The van der Waals surface area contributed by atoms with Crippen molar-refractivity contribution in [2.24, 2.45) is 5.41 Å². The van der Waals surface area contributed by atoms with E-state index in [2.05, 4.69) is 16.0 Å². The molecule has 1 spiro atoms. The molecule has 0 atom stereocenters. The van der Waals surface area contributed by atoms with Crippen LogP contribution in [0.15, 0.2) is 17.8 Å². The summed E-state index contributed by atoms with van der Waals surface area (Å²) < 4.78 is 5.23. The second kappa shape index (κ2) is 5.09. The molecule has 3 aliphatic rings. The standard InChI is InChI=1S/C18H19N3O2/c1-23-16-9-13-12(11-20-16)8-15(22)14(10-19)17(13)21-6-4-18(2-3-18)5-7-21/h9,11H,2-8H2,1H3. The summed E-state index contributed by atoms with van der Waals surface area (Å²) in [6.45, 7) is 1.83. The van der Waals surface area contributed by atoms with Crippen LogP contribution >= 0.6 is 0 Å². The number of carbonyl (C=O) groups is 1. The monoisotopic (exact) mass is 309 g/mol. The molecule has 0 amide bonds. The van der Waals surface area contributed by atoms with Gasteiger partial charge in [0.05, 0.1) is 12.8 Å². The number of methoxy groups -OCH3 is 1. The fraction of sp³-hybridized carbons (Fsp3) is 0.500. The molecule has 0 bridgehead atoms. The Labute approximate surface area is 135 Å². The molecular formula is C18H19N3O2. The van der Waals surface area contributed by atoms with Crippen LogP contribution in [0, 0.1) is 16.7 Å². The van der Waals surface area contributed by atoms with Gasteiger partial charge >= 0.3 is 0 Å². The van der Waals surface area contributed by atoms with Crippen LogP contribution in [0.1, 0.15) is 36.8 Å². The summed E-state index contributed by atoms with van der Waals surface area (Å²) in [7, 11) is 1.58. The number of hydrogen-bond donors (Lipinski definition) is 0. The van der Waals surface area contributed by atoms with Crippen LogP contribution in [-0.2, 0) is 11.2 Å². The minimum absolute atomic E-state index is 0.103. The van der Waals surface area contributed by atoms with Crippen LogP contribution in [0.4, 0.5) is 0 Å². The molecule has 2 aliphatic carbocycles. The number of carbonyl (C=O) groups excluding carboxylic acids is 1. The molecule has 1 saturated carbocycles. The van der Waals surface area contributed by atoms with Crippen molar-refractivity contribution in [3.63, 3.8) is 0 Å². The largest absolute Gasteiger partial charge is 0.481 e. The number of pyridine rings is 1. The Morgan fingerprint density at radius 2 is 2.04 bits per heavy atom. The summed E-state index contributed by atoms with van der Waals surface area (Å²) in [6, 6.07) is 4.00. The van der Waals surface area contributed by atoms with Crippen molar-refractivity contribution in [2.75, 3.05) is 20.2 Å². The highest BCUT2D eigenvalue weighted by atomic mass is 16.5. The number of nitrogens with zero attached hydrogens (tertiary/aromatic N) is 3. The van der Waals surface area contributed by atoms with E-state index in [0.29, 0.717) is 11.3 Å². The Hall–Kier alpha value is -2.35. The van der Waals surface area contributed by atoms with Crippen LogP contribution in [0.25, 0.3) is 5.70 Å². The second-order valence-corrected chi connectivity index (χ2v) is 6.81. The normalized spacial score (nSPS) is 21.9. The molecule has 5 heteroatoms. The van der Waals surface area contributed by atoms with E-state index in [0.717, 1.165) is 42.8 Å². The number of aromatic nitrogens is 1. The Balaban J connectivity index is 1.77. The fourth-order valence-electron chi connectivity index (χ4n) is 3.79. The highest BCUT2D eigenvalue weighted by Gasteiger charge is 2.45. The Kier molecular flexibility index (Phi) is 3.15. The highest BCUT2D eigenvalue weighted by molar-refractivity contribution is 6.09. The van der Waals surface area contributed by atoms with Crippen LogP contribution in [0.3, 0.4) is 0 Å². The van der Waals surface area contributed by atoms with Crippen LogP contribution in [0.2, 0.25) is 0 Å². The van der Waals surface area contributed by atoms with Crippen molar-refractivity contribution in [3.8, 4) is 11.9 Å². The first-order chi connectivity index (χ1) is 11.2. The second-order valence-electron chi connectivity index (χ2n) is 6.81. The molecule has 0 N–H and O–H groups in total. The van der Waals surface area contributed by atoms with Gasteiger partial charge in [0.2, 0.25) is 5.88 Å². The minimum Gasteiger partial charge on any atom is -0.481 e. The topological polar surface area (TPSA) is 66.2 Å². The molecule has 23 heavy (non-hydrogen) atoms. The number of ketones is 1. The van der Waals surface area contributed by atoms with Gasteiger partial charge in [0.15, 0.2) is 5.78 Å². The van der Waals surface area contributed by atoms with E-state index in [1.54, 1.807) is 13.3 Å². The van der Waals surface area contributed by atoms with Gasteiger partial charge in [-0.1, -0.05) is 0 Å². The quantitative estimate of drug-likeness (QED) is 0.839. The van der Waals surface area contributed by atoms with Gasteiger partial charge in [-0.25, -0.2) is 4.98 Å². The van der Waals surface area contributed by atoms with Crippen molar-refractivity contribution in [3.05, 3.63) is 29.0 Å². The molecule has 1 aliphatic heterocycles. The summed E-state index contributed by atoms with van der Waals surface area (Å²) >= 11 is 0. The van der Waals surface area contributed by atoms with Crippen molar-refractivity contribution in [1.82, 2.24) is 9.88 Å². The number of rotatable bonds is 2. The van der Waals surface area contributed by atoms with Crippen molar-refractivity contribution in [1.29, 1.82) is 5.26 Å². The van der Waals surface area contributed by atoms with Crippen LogP contribution < -0.4 is 4.74 Å². The van der Waals surface area contributed by atoms with E-state index >= 15 is 0 Å². The molecule has 0 radical (unpaired) electrons. The lowest BCUT2D eigenvalue weighted by atomic mass is 9.86. The third-order valence-electron chi connectivity index (χ3n) is 5.50. The zero-order valence-corrected chi connectivity index (χ0v) is 13.3. The van der Waals surface area contributed by atoms with Gasteiger partial charge in [-0.2, -0.15) is 5.26 Å². The molecule has 0 unspecified atom stereocenters. The number of Topliss-reactive ketones (excluding diaryl/α,β-unsaturated/α-hetero) is 1. The van der Waals surface area contributed by atoms with E-state index in [-0.39, 0.29) is 17.8 Å². The lowest BCUT2D eigenvalue weighted by Crippen LogP contribution is -2.36. The number of allylic oxidation sites excluding steroid dienone is 1. The highest BCUT2D eigenvalue weighted by Crippen LogP contribution is 2.54. The number of nitriles is 1. The fourth-order valence-corrected chi connectivity index (χ4v) is 3.79. The van der Waals surface area contributed by atoms with Gasteiger partial charge in [0, 0.05) is 37.3 Å². The summed E-state index contributed by atoms with van der Waals surface area (Å²) in [4.78, 5) is 18.8. The number of piperidine rings is 1. The Morgan fingerprint density at radius 3 is 2.65 bits per heavy atom. The number of fused-ring (bicyclic) bond motifs is 1. The molecule has 5 nitrogen and oxygen atoms in total. The lowest BCUT2D eigenvalue weighted by molar-refractivity contribution is -0.114. The molecule has 1 aromatic rings. The van der Waals surface area contributed by atoms with Crippen molar-refractivity contribution < 1.29 is 9.53 Å². The first-order valence-electron chi connectivity index (χ1n) is 8.12. The molecule has 1 aromatic heterocycles. The molecule has 118 valence electrons. The molecule has 2 fully saturated rings. The Bertz CT molecular complexity index is 746. The SMILES string of the molecule is COc1cc2c(cn1)CC(=O)C(C#N)=C2N1CCC2(CC1)CC2. The van der Waals surface area contributed by atoms with Crippen LogP contribution in [0.5, 0.6) is 5.88 Å². The average molecular weight is 309 g/mol. The third-order valence-corrected chi connectivity index (χ3v) is 5.50. The summed E-state index contributed by atoms with van der Waals surface area (Å²) in [6.07, 6.45) is 6.92. The van der Waals surface area contributed by atoms with Crippen LogP contribution in [-0.4, -0.2) is 35.9 Å². The van der Waals surface area contributed by atoms with Gasteiger partial charge in [-0.3, -0.25) is 4.79 Å². The number of hydrogen-bond acceptors (Lipinski definition) is 5. The van der Waals surface area contributed by atoms with Gasteiger partial charge in [0.1, 0.15) is 11.6 Å². The van der Waals surface area contributed by atoms with Crippen molar-refractivity contribution in [2.45, 2.75) is 32.1 Å². The van der Waals surface area contributed by atoms with Gasteiger partial charge in [-0.05, 0) is 36.7 Å². The minimum atomic E-state index is -0.103. The third kappa shape index (κ3) is 2.29. The van der Waals surface area contributed by atoms with E-state index in [9.17, 15) is 10.1 Å². The van der Waals surface area contributed by atoms with E-state index < -0.39 is 0 Å². The summed E-state index contributed by atoms with van der Waals surface area (Å²) in [5.74, 6) is 0.414. The van der Waals surface area contributed by atoms with E-state index in [1.807, 2.05) is 6.07 Å². The summed E-state index contributed by atoms with van der Waals surface area (Å²) in [5.41, 5.74) is 3.45. The maximum atomic E-state index is 12.4. The van der Waals surface area contributed by atoms with Gasteiger partial charge < -0.3 is 9.64 Å². The van der Waals surface area contributed by atoms with Gasteiger partial charge in [-0.15, -0.1) is 0 Å². The zero-order valence-electron chi connectivity index (χ0n) is 13.3. The predicted octanol–water partition coefficient (Wildman–Crippen LogP) is 2.33. The molecular weight excluding hydrogens is 290 g/mol. The first-order valence-corrected chi connectivity index (χ1v) is 8.12. The number of likely N-dealkylation sites (tertiary alicyclic amines) is 1. The molecule has 0 aromatic carbocycles. The maximum absolute atomic E-state index is 12.4.